The quantitative estimate of drug-likeness (QED) is 0.835. The Morgan fingerprint density at radius 3 is 2.26 bits per heavy atom. The smallest absolute Gasteiger partial charge is 0.151 e. The standard InChI is InChI=1S/C18H30N4O/c1-14(2)12-15(23)13-21-8-10-22(11-9-21)17-7-6-16(19-20-17)18(3,4)5/h6-7,14H,8-13H2,1-5H3. The molecule has 1 saturated heterocycles. The summed E-state index contributed by atoms with van der Waals surface area (Å²) in [6.45, 7) is 14.8. The van der Waals surface area contributed by atoms with Gasteiger partial charge in [-0.15, -0.1) is 5.10 Å². The Balaban J connectivity index is 1.86. The number of aromatic nitrogens is 2. The van der Waals surface area contributed by atoms with Crippen LogP contribution in [0.15, 0.2) is 12.1 Å². The first-order valence-corrected chi connectivity index (χ1v) is 8.59. The SMILES string of the molecule is CC(C)CC(=O)CN1CCN(c2ccc(C(C)(C)C)nn2)CC1. The monoisotopic (exact) mass is 318 g/mol. The zero-order chi connectivity index (χ0) is 17.0. The van der Waals surface area contributed by atoms with Gasteiger partial charge in [0.25, 0.3) is 0 Å². The van der Waals surface area contributed by atoms with Gasteiger partial charge in [-0.05, 0) is 18.1 Å². The fourth-order valence-electron chi connectivity index (χ4n) is 2.80. The molecule has 2 rings (SSSR count). The van der Waals surface area contributed by atoms with Gasteiger partial charge < -0.3 is 4.90 Å². The molecule has 5 heteroatoms. The summed E-state index contributed by atoms with van der Waals surface area (Å²) in [7, 11) is 0. The van der Waals surface area contributed by atoms with Gasteiger partial charge in [0, 0.05) is 38.0 Å². The summed E-state index contributed by atoms with van der Waals surface area (Å²) in [5.41, 5.74) is 1.04. The molecule has 1 aliphatic heterocycles. The van der Waals surface area contributed by atoms with Crippen molar-refractivity contribution in [3.63, 3.8) is 0 Å². The number of carbonyl (C=O) groups is 1. The average molecular weight is 318 g/mol. The molecule has 1 aromatic rings. The van der Waals surface area contributed by atoms with Crippen LogP contribution in [0.4, 0.5) is 5.82 Å². The molecule has 0 N–H and O–H groups in total. The van der Waals surface area contributed by atoms with Crippen molar-refractivity contribution >= 4 is 11.6 Å². The molecule has 5 nitrogen and oxygen atoms in total. The summed E-state index contributed by atoms with van der Waals surface area (Å²) in [5.74, 6) is 1.73. The van der Waals surface area contributed by atoms with E-state index < -0.39 is 0 Å². The van der Waals surface area contributed by atoms with E-state index in [1.54, 1.807) is 0 Å². The van der Waals surface area contributed by atoms with Crippen LogP contribution >= 0.6 is 0 Å². The molecule has 128 valence electrons. The van der Waals surface area contributed by atoms with Gasteiger partial charge in [0.05, 0.1) is 12.2 Å². The van der Waals surface area contributed by atoms with Crippen LogP contribution in [0.3, 0.4) is 0 Å². The molecule has 0 aromatic carbocycles. The number of nitrogens with zero attached hydrogens (tertiary/aromatic N) is 4. The first kappa shape index (κ1) is 17.9. The zero-order valence-corrected chi connectivity index (χ0v) is 15.2. The molecular formula is C18H30N4O. The van der Waals surface area contributed by atoms with Crippen molar-refractivity contribution in [3.05, 3.63) is 17.8 Å². The minimum absolute atomic E-state index is 0.0288. The Kier molecular flexibility index (Phi) is 5.74. The highest BCUT2D eigenvalue weighted by atomic mass is 16.1. The fraction of sp³-hybridized carbons (Fsp3) is 0.722. The van der Waals surface area contributed by atoms with E-state index in [0.29, 0.717) is 24.7 Å². The predicted octanol–water partition coefficient (Wildman–Crippen LogP) is 2.51. The van der Waals surface area contributed by atoms with Crippen molar-refractivity contribution in [2.24, 2.45) is 5.92 Å². The Morgan fingerprint density at radius 1 is 1.13 bits per heavy atom. The molecular weight excluding hydrogens is 288 g/mol. The Hall–Kier alpha value is -1.49. The predicted molar refractivity (Wildman–Crippen MR) is 93.8 cm³/mol. The lowest BCUT2D eigenvalue weighted by Crippen LogP contribution is -2.48. The lowest BCUT2D eigenvalue weighted by atomic mass is 9.92. The number of anilines is 1. The first-order chi connectivity index (χ1) is 10.8. The molecule has 0 amide bonds. The van der Waals surface area contributed by atoms with Gasteiger partial charge in [0.2, 0.25) is 0 Å². The average Bonchev–Trinajstić information content (AvgIpc) is 2.46. The maximum atomic E-state index is 11.9. The minimum atomic E-state index is 0.0288. The summed E-state index contributed by atoms with van der Waals surface area (Å²) in [6, 6.07) is 4.13. The second-order valence-electron chi connectivity index (χ2n) is 7.93. The lowest BCUT2D eigenvalue weighted by molar-refractivity contribution is -0.120. The van der Waals surface area contributed by atoms with Gasteiger partial charge in [-0.25, -0.2) is 0 Å². The van der Waals surface area contributed by atoms with E-state index in [-0.39, 0.29) is 5.41 Å². The maximum absolute atomic E-state index is 11.9. The van der Waals surface area contributed by atoms with Crippen LogP contribution in [0.2, 0.25) is 0 Å². The molecule has 1 aromatic heterocycles. The van der Waals surface area contributed by atoms with Crippen LogP contribution in [0.25, 0.3) is 0 Å². The molecule has 2 heterocycles. The van der Waals surface area contributed by atoms with E-state index >= 15 is 0 Å². The Morgan fingerprint density at radius 2 is 1.78 bits per heavy atom. The topological polar surface area (TPSA) is 49.3 Å². The molecule has 0 bridgehead atoms. The third kappa shape index (κ3) is 5.27. The van der Waals surface area contributed by atoms with Crippen molar-refractivity contribution in [2.45, 2.75) is 46.5 Å². The van der Waals surface area contributed by atoms with Crippen LogP contribution in [-0.2, 0) is 10.2 Å². The van der Waals surface area contributed by atoms with E-state index in [2.05, 4.69) is 66.7 Å². The van der Waals surface area contributed by atoms with Gasteiger partial charge in [-0.1, -0.05) is 34.6 Å². The summed E-state index contributed by atoms with van der Waals surface area (Å²) in [5, 5.41) is 8.75. The van der Waals surface area contributed by atoms with E-state index in [4.69, 9.17) is 0 Å². The van der Waals surface area contributed by atoms with Crippen molar-refractivity contribution in [1.82, 2.24) is 15.1 Å². The number of Topliss-reactive ketones (excluding diaryl/α,β-unsaturated/α-hetero) is 1. The highest BCUT2D eigenvalue weighted by Gasteiger charge is 2.21. The number of ketones is 1. The molecule has 0 aliphatic carbocycles. The summed E-state index contributed by atoms with van der Waals surface area (Å²) in [4.78, 5) is 16.4. The van der Waals surface area contributed by atoms with Gasteiger partial charge in [0.15, 0.2) is 5.82 Å². The summed E-state index contributed by atoms with van der Waals surface area (Å²) < 4.78 is 0. The number of hydrogen-bond acceptors (Lipinski definition) is 5. The second-order valence-corrected chi connectivity index (χ2v) is 7.93. The number of piperazine rings is 1. The minimum Gasteiger partial charge on any atom is -0.353 e. The Bertz CT molecular complexity index is 511. The molecule has 0 radical (unpaired) electrons. The molecule has 1 aliphatic rings. The fourth-order valence-corrected chi connectivity index (χ4v) is 2.80. The van der Waals surface area contributed by atoms with E-state index in [0.717, 1.165) is 37.7 Å². The van der Waals surface area contributed by atoms with Crippen molar-refractivity contribution < 1.29 is 4.79 Å². The van der Waals surface area contributed by atoms with Crippen LogP contribution in [0.5, 0.6) is 0 Å². The highest BCUT2D eigenvalue weighted by molar-refractivity contribution is 5.80. The van der Waals surface area contributed by atoms with Crippen molar-refractivity contribution in [3.8, 4) is 0 Å². The van der Waals surface area contributed by atoms with Crippen LogP contribution < -0.4 is 4.90 Å². The van der Waals surface area contributed by atoms with Gasteiger partial charge >= 0.3 is 0 Å². The van der Waals surface area contributed by atoms with Crippen LogP contribution in [0.1, 0.15) is 46.7 Å². The zero-order valence-electron chi connectivity index (χ0n) is 15.2. The Labute approximate surface area is 140 Å². The molecule has 0 saturated carbocycles. The number of rotatable bonds is 5. The molecule has 1 fully saturated rings. The van der Waals surface area contributed by atoms with E-state index in [9.17, 15) is 4.79 Å². The molecule has 0 atom stereocenters. The third-order valence-corrected chi connectivity index (χ3v) is 4.15. The third-order valence-electron chi connectivity index (χ3n) is 4.15. The lowest BCUT2D eigenvalue weighted by Gasteiger charge is -2.35. The first-order valence-electron chi connectivity index (χ1n) is 8.59. The van der Waals surface area contributed by atoms with Crippen LogP contribution in [-0.4, -0.2) is 53.6 Å². The molecule has 0 spiro atoms. The number of carbonyl (C=O) groups excluding carboxylic acids is 1. The van der Waals surface area contributed by atoms with Crippen molar-refractivity contribution in [1.29, 1.82) is 0 Å². The van der Waals surface area contributed by atoms with Gasteiger partial charge in [-0.2, -0.15) is 5.10 Å². The second kappa shape index (κ2) is 7.39. The number of hydrogen-bond donors (Lipinski definition) is 0. The van der Waals surface area contributed by atoms with Gasteiger partial charge in [-0.3, -0.25) is 9.69 Å². The largest absolute Gasteiger partial charge is 0.353 e. The summed E-state index contributed by atoms with van der Waals surface area (Å²) >= 11 is 0. The molecule has 23 heavy (non-hydrogen) atoms. The normalized spacial score (nSPS) is 16.9. The maximum Gasteiger partial charge on any atom is 0.151 e. The van der Waals surface area contributed by atoms with Crippen molar-refractivity contribution in [2.75, 3.05) is 37.6 Å². The molecule has 0 unspecified atom stereocenters. The highest BCUT2D eigenvalue weighted by Crippen LogP contribution is 2.21. The van der Waals surface area contributed by atoms with Gasteiger partial charge in [0.1, 0.15) is 5.78 Å². The van der Waals surface area contributed by atoms with E-state index in [1.165, 1.54) is 0 Å². The van der Waals surface area contributed by atoms with E-state index in [1.807, 2.05) is 0 Å². The summed E-state index contributed by atoms with van der Waals surface area (Å²) in [6.07, 6.45) is 0.681. The van der Waals surface area contributed by atoms with Crippen LogP contribution in [0, 0.1) is 5.92 Å².